The molecule has 7 nitrogen and oxygen atoms in total. The first kappa shape index (κ1) is 16.9. The van der Waals surface area contributed by atoms with Gasteiger partial charge in [0, 0.05) is 31.7 Å². The molecule has 2 amide bonds. The van der Waals surface area contributed by atoms with Gasteiger partial charge in [-0.1, -0.05) is 0 Å². The maximum absolute atomic E-state index is 12.9. The second kappa shape index (κ2) is 6.00. The van der Waals surface area contributed by atoms with Gasteiger partial charge in [0.25, 0.3) is 0 Å². The molecular weight excluding hydrogens is 332 g/mol. The van der Waals surface area contributed by atoms with Crippen LogP contribution in [-0.2, 0) is 23.1 Å². The number of benzene rings is 1. The molecule has 1 aromatic heterocycles. The third-order valence-electron chi connectivity index (χ3n) is 5.59. The Labute approximate surface area is 151 Å². The molecule has 3 heterocycles. The Morgan fingerprint density at radius 3 is 2.58 bits per heavy atom. The van der Waals surface area contributed by atoms with E-state index in [-0.39, 0.29) is 18.0 Å². The zero-order valence-corrected chi connectivity index (χ0v) is 15.4. The monoisotopic (exact) mass is 356 g/mol. The predicted octanol–water partition coefficient (Wildman–Crippen LogP) is 1.48. The van der Waals surface area contributed by atoms with E-state index in [1.54, 1.807) is 16.2 Å². The summed E-state index contributed by atoms with van der Waals surface area (Å²) in [5.41, 5.74) is 3.77. The van der Waals surface area contributed by atoms with Gasteiger partial charge in [-0.05, 0) is 50.8 Å². The van der Waals surface area contributed by atoms with Crippen LogP contribution in [-0.4, -0.2) is 33.5 Å². The molecule has 1 unspecified atom stereocenters. The van der Waals surface area contributed by atoms with Gasteiger partial charge >= 0.3 is 5.69 Å². The van der Waals surface area contributed by atoms with Crippen molar-refractivity contribution in [1.29, 1.82) is 0 Å². The average molecular weight is 356 g/mol. The molecule has 26 heavy (non-hydrogen) atoms. The number of carbonyl (C=O) groups is 2. The first-order valence-corrected chi connectivity index (χ1v) is 9.22. The zero-order chi connectivity index (χ0) is 18.6. The Kier molecular flexibility index (Phi) is 3.89. The van der Waals surface area contributed by atoms with Gasteiger partial charge in [0.05, 0.1) is 11.0 Å². The molecule has 138 valence electrons. The molecule has 2 aliphatic heterocycles. The van der Waals surface area contributed by atoms with E-state index >= 15 is 0 Å². The number of amides is 2. The highest BCUT2D eigenvalue weighted by Crippen LogP contribution is 2.34. The van der Waals surface area contributed by atoms with E-state index in [0.29, 0.717) is 12.5 Å². The minimum absolute atomic E-state index is 0.215. The van der Waals surface area contributed by atoms with Gasteiger partial charge in [-0.3, -0.25) is 24.0 Å². The molecule has 0 aliphatic carbocycles. The SMILES string of the molecule is CC(C)N1CCCc2cc3c(cc21)n(C)c(=O)n3C1CCC(=O)NC1=O. The minimum atomic E-state index is -0.633. The maximum atomic E-state index is 12.9. The van der Waals surface area contributed by atoms with Crippen LogP contribution in [0.4, 0.5) is 5.69 Å². The number of nitrogens with zero attached hydrogens (tertiary/aromatic N) is 3. The number of carbonyl (C=O) groups excluding carboxylic acids is 2. The number of piperidine rings is 1. The van der Waals surface area contributed by atoms with E-state index in [1.807, 2.05) is 0 Å². The second-order valence-electron chi connectivity index (χ2n) is 7.54. The lowest BCUT2D eigenvalue weighted by Gasteiger charge is -2.35. The average Bonchev–Trinajstić information content (AvgIpc) is 2.84. The van der Waals surface area contributed by atoms with E-state index in [2.05, 4.69) is 36.2 Å². The topological polar surface area (TPSA) is 76.3 Å². The first-order chi connectivity index (χ1) is 12.4. The van der Waals surface area contributed by atoms with Crippen LogP contribution in [0.3, 0.4) is 0 Å². The highest BCUT2D eigenvalue weighted by molar-refractivity contribution is 6.00. The van der Waals surface area contributed by atoms with Gasteiger partial charge in [0.15, 0.2) is 0 Å². The largest absolute Gasteiger partial charge is 0.369 e. The molecular formula is C19H24N4O3. The van der Waals surface area contributed by atoms with Crippen molar-refractivity contribution in [2.45, 2.75) is 51.6 Å². The summed E-state index contributed by atoms with van der Waals surface area (Å²) in [5, 5.41) is 2.36. The van der Waals surface area contributed by atoms with Crippen LogP contribution in [0.25, 0.3) is 11.0 Å². The fraction of sp³-hybridized carbons (Fsp3) is 0.526. The van der Waals surface area contributed by atoms with Crippen molar-refractivity contribution in [3.05, 3.63) is 28.2 Å². The van der Waals surface area contributed by atoms with Gasteiger partial charge < -0.3 is 4.90 Å². The molecule has 1 saturated heterocycles. The van der Waals surface area contributed by atoms with Crippen LogP contribution in [0.15, 0.2) is 16.9 Å². The summed E-state index contributed by atoms with van der Waals surface area (Å²) in [6.45, 7) is 5.36. The standard InChI is InChI=1S/C19H24N4O3/c1-11(2)22-8-4-5-12-9-16-15(10-14(12)22)21(3)19(26)23(16)13-6-7-17(24)20-18(13)25/h9-11,13H,4-8H2,1-3H3,(H,20,24,25). The lowest BCUT2D eigenvalue weighted by Crippen LogP contribution is -2.44. The predicted molar refractivity (Wildman–Crippen MR) is 99.4 cm³/mol. The molecule has 2 aromatic rings. The summed E-state index contributed by atoms with van der Waals surface area (Å²) in [4.78, 5) is 39.1. The van der Waals surface area contributed by atoms with Crippen molar-refractivity contribution in [3.63, 3.8) is 0 Å². The third kappa shape index (κ3) is 2.45. The summed E-state index contributed by atoms with van der Waals surface area (Å²) in [6, 6.07) is 3.89. The fourth-order valence-electron chi connectivity index (χ4n) is 4.23. The molecule has 7 heteroatoms. The molecule has 1 fully saturated rings. The Bertz CT molecular complexity index is 969. The molecule has 1 atom stereocenters. The molecule has 2 aliphatic rings. The quantitative estimate of drug-likeness (QED) is 0.827. The van der Waals surface area contributed by atoms with E-state index in [1.165, 1.54) is 11.3 Å². The van der Waals surface area contributed by atoms with Crippen molar-refractivity contribution in [2.24, 2.45) is 7.05 Å². The molecule has 0 spiro atoms. The summed E-state index contributed by atoms with van der Waals surface area (Å²) in [5.74, 6) is -0.665. The van der Waals surface area contributed by atoms with Crippen LogP contribution in [0.2, 0.25) is 0 Å². The Morgan fingerprint density at radius 1 is 1.12 bits per heavy atom. The number of hydrogen-bond donors (Lipinski definition) is 1. The number of anilines is 1. The molecule has 0 bridgehead atoms. The number of imidazole rings is 1. The Balaban J connectivity index is 1.91. The molecule has 0 saturated carbocycles. The van der Waals surface area contributed by atoms with Crippen LogP contribution in [0.1, 0.15) is 44.7 Å². The highest BCUT2D eigenvalue weighted by atomic mass is 16.2. The molecule has 1 aromatic carbocycles. The van der Waals surface area contributed by atoms with Gasteiger partial charge in [-0.15, -0.1) is 0 Å². The summed E-state index contributed by atoms with van der Waals surface area (Å²) < 4.78 is 3.16. The van der Waals surface area contributed by atoms with Crippen molar-refractivity contribution >= 4 is 28.5 Å². The minimum Gasteiger partial charge on any atom is -0.369 e. The molecule has 4 rings (SSSR count). The molecule has 1 N–H and O–H groups in total. The van der Waals surface area contributed by atoms with Crippen LogP contribution >= 0.6 is 0 Å². The van der Waals surface area contributed by atoms with Crippen molar-refractivity contribution in [3.8, 4) is 0 Å². The summed E-state index contributed by atoms with van der Waals surface area (Å²) in [6.07, 6.45) is 2.66. The van der Waals surface area contributed by atoms with E-state index in [0.717, 1.165) is 30.4 Å². The van der Waals surface area contributed by atoms with E-state index in [9.17, 15) is 14.4 Å². The zero-order valence-electron chi connectivity index (χ0n) is 15.4. The Hall–Kier alpha value is -2.57. The van der Waals surface area contributed by atoms with Crippen molar-refractivity contribution in [1.82, 2.24) is 14.5 Å². The molecule has 0 radical (unpaired) electrons. The van der Waals surface area contributed by atoms with E-state index < -0.39 is 11.9 Å². The second-order valence-corrected chi connectivity index (χ2v) is 7.54. The third-order valence-corrected chi connectivity index (χ3v) is 5.59. The van der Waals surface area contributed by atoms with Crippen LogP contribution in [0.5, 0.6) is 0 Å². The number of hydrogen-bond acceptors (Lipinski definition) is 4. The smallest absolute Gasteiger partial charge is 0.329 e. The van der Waals surface area contributed by atoms with E-state index in [4.69, 9.17) is 0 Å². The van der Waals surface area contributed by atoms with Gasteiger partial charge in [-0.2, -0.15) is 0 Å². The lowest BCUT2D eigenvalue weighted by molar-refractivity contribution is -0.135. The summed E-state index contributed by atoms with van der Waals surface area (Å²) in [7, 11) is 1.74. The number of rotatable bonds is 2. The van der Waals surface area contributed by atoms with Gasteiger partial charge in [-0.25, -0.2) is 4.79 Å². The lowest BCUT2D eigenvalue weighted by atomic mass is 9.99. The van der Waals surface area contributed by atoms with Crippen molar-refractivity contribution < 1.29 is 9.59 Å². The number of imide groups is 1. The highest BCUT2D eigenvalue weighted by Gasteiger charge is 2.32. The van der Waals surface area contributed by atoms with Crippen molar-refractivity contribution in [2.75, 3.05) is 11.4 Å². The normalized spacial score (nSPS) is 20.6. The fourth-order valence-corrected chi connectivity index (χ4v) is 4.23. The van der Waals surface area contributed by atoms with Crippen LogP contribution < -0.4 is 15.9 Å². The van der Waals surface area contributed by atoms with Gasteiger partial charge in [0.1, 0.15) is 6.04 Å². The number of aromatic nitrogens is 2. The van der Waals surface area contributed by atoms with Gasteiger partial charge in [0.2, 0.25) is 11.8 Å². The first-order valence-electron chi connectivity index (χ1n) is 9.22. The maximum Gasteiger partial charge on any atom is 0.329 e. The van der Waals surface area contributed by atoms with Crippen LogP contribution in [0, 0.1) is 0 Å². The number of aryl methyl sites for hydroxylation is 2. The number of fused-ring (bicyclic) bond motifs is 2. The number of nitrogens with one attached hydrogen (secondary N) is 1. The Morgan fingerprint density at radius 2 is 1.88 bits per heavy atom. The summed E-state index contributed by atoms with van der Waals surface area (Å²) >= 11 is 0.